The van der Waals surface area contributed by atoms with Crippen molar-refractivity contribution in [1.29, 1.82) is 0 Å². The number of anilines is 3. The first-order chi connectivity index (χ1) is 25.1. The highest BCUT2D eigenvalue weighted by molar-refractivity contribution is 7.08. The lowest BCUT2D eigenvalue weighted by Crippen LogP contribution is -2.48. The molecule has 2 aromatic heterocycles. The van der Waals surface area contributed by atoms with Gasteiger partial charge in [0, 0.05) is 50.9 Å². The molecule has 3 heterocycles. The molecule has 1 aliphatic heterocycles. The standard InChI is InChI=1S/C45H39N5S/c1-30(31-22-24-33(25-23-31)48-39-17-7-2-12-34(39)32-26-27-51-29-32)47-45(50-42-20-10-5-15-37(42)38-16-6-11-21-43(38)50)28-44(46)49-40-18-8-3-13-35(40)36-14-4-9-19-41(36)49/h2-8,10-18,20-29,37,42,45,47-48H,1,9,19,46H2/b44-28+. The van der Waals surface area contributed by atoms with Gasteiger partial charge in [-0.15, -0.1) is 0 Å². The van der Waals surface area contributed by atoms with Crippen LogP contribution in [0.4, 0.5) is 17.1 Å². The number of nitrogens with two attached hydrogens (primary N) is 1. The van der Waals surface area contributed by atoms with E-state index in [-0.39, 0.29) is 18.1 Å². The van der Waals surface area contributed by atoms with Gasteiger partial charge >= 0.3 is 0 Å². The van der Waals surface area contributed by atoms with Crippen LogP contribution < -0.4 is 21.3 Å². The number of nitrogens with one attached hydrogen (secondary N) is 2. The molecule has 3 aliphatic rings. The molecule has 4 aromatic carbocycles. The van der Waals surface area contributed by atoms with E-state index >= 15 is 0 Å². The normalized spacial score (nSPS) is 18.0. The zero-order valence-electron chi connectivity index (χ0n) is 28.2. The van der Waals surface area contributed by atoms with Crippen LogP contribution in [0.3, 0.4) is 0 Å². The number of fused-ring (bicyclic) bond motifs is 6. The molecular weight excluding hydrogens is 643 g/mol. The van der Waals surface area contributed by atoms with Crippen LogP contribution in [0.2, 0.25) is 0 Å². The van der Waals surface area contributed by atoms with Crippen LogP contribution in [0.15, 0.2) is 157 Å². The molecule has 5 nitrogen and oxygen atoms in total. The molecule has 9 rings (SSSR count). The van der Waals surface area contributed by atoms with E-state index in [9.17, 15) is 0 Å². The molecule has 0 spiro atoms. The predicted octanol–water partition coefficient (Wildman–Crippen LogP) is 10.5. The van der Waals surface area contributed by atoms with E-state index in [4.69, 9.17) is 5.73 Å². The molecule has 4 N–H and O–H groups in total. The summed E-state index contributed by atoms with van der Waals surface area (Å²) in [5.74, 6) is 0.958. The lowest BCUT2D eigenvalue weighted by molar-refractivity contribution is 0.585. The topological polar surface area (TPSA) is 58.2 Å². The summed E-state index contributed by atoms with van der Waals surface area (Å²) in [6.07, 6.45) is 17.3. The van der Waals surface area contributed by atoms with Crippen LogP contribution in [0.5, 0.6) is 0 Å². The van der Waals surface area contributed by atoms with E-state index in [0.717, 1.165) is 41.0 Å². The van der Waals surface area contributed by atoms with Crippen LogP contribution >= 0.6 is 11.3 Å². The van der Waals surface area contributed by atoms with Gasteiger partial charge in [0.2, 0.25) is 0 Å². The number of allylic oxidation sites excluding steroid dienone is 3. The molecule has 6 heteroatoms. The van der Waals surface area contributed by atoms with Gasteiger partial charge < -0.3 is 21.3 Å². The van der Waals surface area contributed by atoms with Gasteiger partial charge in [0.25, 0.3) is 0 Å². The van der Waals surface area contributed by atoms with Gasteiger partial charge in [0.1, 0.15) is 12.0 Å². The summed E-state index contributed by atoms with van der Waals surface area (Å²) in [5.41, 5.74) is 19.7. The first-order valence-electron chi connectivity index (χ1n) is 17.6. The van der Waals surface area contributed by atoms with E-state index in [1.807, 2.05) is 0 Å². The summed E-state index contributed by atoms with van der Waals surface area (Å²) in [4.78, 5) is 2.47. The van der Waals surface area contributed by atoms with Gasteiger partial charge in [0.05, 0.1) is 11.6 Å². The lowest BCUT2D eigenvalue weighted by atomic mass is 9.91. The number of hydrogen-bond donors (Lipinski definition) is 3. The molecule has 0 saturated carbocycles. The molecule has 0 amide bonds. The van der Waals surface area contributed by atoms with Crippen molar-refractivity contribution in [3.05, 3.63) is 179 Å². The number of hydrogen-bond acceptors (Lipinski definition) is 5. The Morgan fingerprint density at radius 2 is 1.71 bits per heavy atom. The molecule has 0 fully saturated rings. The fraction of sp³-hybridized carbons (Fsp3) is 0.111. The summed E-state index contributed by atoms with van der Waals surface area (Å²) in [7, 11) is 0. The van der Waals surface area contributed by atoms with Gasteiger partial charge in [-0.1, -0.05) is 110 Å². The molecule has 3 unspecified atom stereocenters. The van der Waals surface area contributed by atoms with Crippen molar-refractivity contribution in [1.82, 2.24) is 9.88 Å². The maximum absolute atomic E-state index is 7.21. The van der Waals surface area contributed by atoms with Gasteiger partial charge in [-0.3, -0.25) is 4.57 Å². The Labute approximate surface area is 303 Å². The fourth-order valence-electron chi connectivity index (χ4n) is 7.98. The third-order valence-electron chi connectivity index (χ3n) is 10.3. The molecule has 51 heavy (non-hydrogen) atoms. The second-order valence-corrected chi connectivity index (χ2v) is 14.1. The first-order valence-corrected chi connectivity index (χ1v) is 18.5. The molecule has 2 aliphatic carbocycles. The maximum atomic E-state index is 7.21. The van der Waals surface area contributed by atoms with Crippen LogP contribution in [-0.4, -0.2) is 16.8 Å². The number of rotatable bonds is 9. The zero-order chi connectivity index (χ0) is 34.3. The van der Waals surface area contributed by atoms with Gasteiger partial charge in [-0.05, 0) is 82.8 Å². The van der Waals surface area contributed by atoms with Crippen molar-refractivity contribution in [3.63, 3.8) is 0 Å². The Morgan fingerprint density at radius 1 is 0.902 bits per heavy atom. The van der Waals surface area contributed by atoms with E-state index in [1.54, 1.807) is 11.3 Å². The number of para-hydroxylation sites is 3. The minimum absolute atomic E-state index is 0.134. The Balaban J connectivity index is 1.07. The third kappa shape index (κ3) is 5.58. The number of thiophene rings is 1. The Hall–Kier alpha value is -5.98. The van der Waals surface area contributed by atoms with E-state index < -0.39 is 0 Å². The average Bonchev–Trinajstić information content (AvgIpc) is 3.91. The largest absolute Gasteiger partial charge is 0.385 e. The smallest absolute Gasteiger partial charge is 0.123 e. The quantitative estimate of drug-likeness (QED) is 0.142. The molecular formula is C45H39N5S. The van der Waals surface area contributed by atoms with Crippen molar-refractivity contribution in [3.8, 4) is 11.1 Å². The van der Waals surface area contributed by atoms with E-state index in [0.29, 0.717) is 5.82 Å². The van der Waals surface area contributed by atoms with Gasteiger partial charge in [-0.2, -0.15) is 11.3 Å². The molecule has 0 saturated heterocycles. The van der Waals surface area contributed by atoms with E-state index in [2.05, 4.69) is 183 Å². The van der Waals surface area contributed by atoms with Gasteiger partial charge in [-0.25, -0.2) is 0 Å². The van der Waals surface area contributed by atoms with E-state index in [1.165, 1.54) is 39.0 Å². The monoisotopic (exact) mass is 681 g/mol. The zero-order valence-corrected chi connectivity index (χ0v) is 29.1. The van der Waals surface area contributed by atoms with Crippen LogP contribution in [0, 0.1) is 0 Å². The van der Waals surface area contributed by atoms with Crippen molar-refractivity contribution in [2.45, 2.75) is 31.0 Å². The van der Waals surface area contributed by atoms with Crippen LogP contribution in [0.25, 0.3) is 39.6 Å². The summed E-state index contributed by atoms with van der Waals surface area (Å²) >= 11 is 1.71. The first kappa shape index (κ1) is 31.0. The van der Waals surface area contributed by atoms with Crippen molar-refractivity contribution in [2.75, 3.05) is 10.2 Å². The molecule has 0 radical (unpaired) electrons. The summed E-state index contributed by atoms with van der Waals surface area (Å²) in [6.45, 7) is 4.57. The van der Waals surface area contributed by atoms with Gasteiger partial charge in [0.15, 0.2) is 0 Å². The number of aromatic nitrogens is 1. The highest BCUT2D eigenvalue weighted by Crippen LogP contribution is 2.45. The summed E-state index contributed by atoms with van der Waals surface area (Å²) < 4.78 is 2.26. The lowest BCUT2D eigenvalue weighted by Gasteiger charge is -2.36. The second kappa shape index (κ2) is 13.0. The van der Waals surface area contributed by atoms with Crippen molar-refractivity contribution >= 4 is 56.9 Å². The van der Waals surface area contributed by atoms with Crippen LogP contribution in [-0.2, 0) is 6.42 Å². The number of benzene rings is 4. The van der Waals surface area contributed by atoms with Crippen LogP contribution in [0.1, 0.15) is 34.7 Å². The Morgan fingerprint density at radius 3 is 2.59 bits per heavy atom. The summed E-state index contributed by atoms with van der Waals surface area (Å²) in [5, 5.41) is 13.0. The number of nitrogens with zero attached hydrogens (tertiary/aromatic N) is 2. The minimum Gasteiger partial charge on any atom is -0.385 e. The second-order valence-electron chi connectivity index (χ2n) is 13.3. The van der Waals surface area contributed by atoms with Crippen molar-refractivity contribution in [2.24, 2.45) is 5.73 Å². The maximum Gasteiger partial charge on any atom is 0.123 e. The molecule has 3 atom stereocenters. The SMILES string of the molecule is C=C(NC(/C=C(\N)n1c2c(c3ccccc31)C=CCC2)N1c2ccccc2C2C=CC=CC21)c1ccc(Nc2ccccc2-c2ccsc2)cc1. The predicted molar refractivity (Wildman–Crippen MR) is 217 cm³/mol. The Bertz CT molecular complexity index is 2370. The summed E-state index contributed by atoms with van der Waals surface area (Å²) in [6, 6.07) is 36.5. The molecule has 6 aromatic rings. The minimum atomic E-state index is -0.281. The van der Waals surface area contributed by atoms with Crippen molar-refractivity contribution < 1.29 is 0 Å². The third-order valence-corrected chi connectivity index (χ3v) is 11.0. The molecule has 250 valence electrons. The molecule has 0 bridgehead atoms. The Kier molecular flexibility index (Phi) is 7.94. The fourth-order valence-corrected chi connectivity index (χ4v) is 8.63. The highest BCUT2D eigenvalue weighted by Gasteiger charge is 2.39. The highest BCUT2D eigenvalue weighted by atomic mass is 32.1. The average molecular weight is 682 g/mol.